The smallest absolute Gasteiger partial charge is 0.256 e. The van der Waals surface area contributed by atoms with E-state index in [1.807, 2.05) is 12.1 Å². The number of carbonyl (C=O) groups excluding carboxylic acids is 1. The first-order chi connectivity index (χ1) is 10.2. The summed E-state index contributed by atoms with van der Waals surface area (Å²) in [5.41, 5.74) is 3.04. The molecule has 110 valence electrons. The van der Waals surface area contributed by atoms with Crippen LogP contribution in [0.15, 0.2) is 33.4 Å². The fraction of sp³-hybridized carbons (Fsp3) is 0.375. The Labute approximate surface area is 132 Å². The third-order valence-corrected chi connectivity index (χ3v) is 4.71. The lowest BCUT2D eigenvalue weighted by atomic mass is 10.1. The van der Waals surface area contributed by atoms with Crippen molar-refractivity contribution in [1.29, 1.82) is 0 Å². The summed E-state index contributed by atoms with van der Waals surface area (Å²) in [6, 6.07) is 6.12. The lowest BCUT2D eigenvalue weighted by molar-refractivity contribution is 0.0952. The summed E-state index contributed by atoms with van der Waals surface area (Å²) in [4.78, 5) is 12.2. The molecule has 1 heterocycles. The highest BCUT2D eigenvalue weighted by Gasteiger charge is 2.32. The predicted octanol–water partition coefficient (Wildman–Crippen LogP) is 3.60. The van der Waals surface area contributed by atoms with E-state index >= 15 is 0 Å². The minimum absolute atomic E-state index is 0.0919. The summed E-state index contributed by atoms with van der Waals surface area (Å²) >= 11 is 3.52. The Kier molecular flexibility index (Phi) is 4.10. The van der Waals surface area contributed by atoms with Gasteiger partial charge in [0.25, 0.3) is 5.91 Å². The quantitative estimate of drug-likeness (QED) is 0.897. The van der Waals surface area contributed by atoms with Crippen LogP contribution in [0.4, 0.5) is 0 Å². The molecular weight excluding hydrogens is 332 g/mol. The van der Waals surface area contributed by atoms with Crippen molar-refractivity contribution < 1.29 is 9.32 Å². The largest absolute Gasteiger partial charge is 0.360 e. The van der Waals surface area contributed by atoms with Gasteiger partial charge in [-0.3, -0.25) is 4.79 Å². The maximum Gasteiger partial charge on any atom is 0.256 e. The van der Waals surface area contributed by atoms with Gasteiger partial charge in [-0.1, -0.05) is 33.2 Å². The molecule has 1 aliphatic carbocycles. The molecule has 0 aliphatic heterocycles. The van der Waals surface area contributed by atoms with Crippen LogP contribution in [0.25, 0.3) is 0 Å². The molecule has 1 N–H and O–H groups in total. The van der Waals surface area contributed by atoms with E-state index in [9.17, 15) is 4.79 Å². The highest BCUT2D eigenvalue weighted by Crippen LogP contribution is 2.41. The highest BCUT2D eigenvalue weighted by molar-refractivity contribution is 9.10. The van der Waals surface area contributed by atoms with Crippen molar-refractivity contribution in [3.05, 3.63) is 51.3 Å². The highest BCUT2D eigenvalue weighted by atomic mass is 79.9. The first-order valence-corrected chi connectivity index (χ1v) is 7.93. The van der Waals surface area contributed by atoms with E-state index in [-0.39, 0.29) is 5.91 Å². The zero-order valence-electron chi connectivity index (χ0n) is 11.9. The van der Waals surface area contributed by atoms with Crippen LogP contribution in [-0.2, 0) is 6.42 Å². The van der Waals surface area contributed by atoms with E-state index in [4.69, 9.17) is 4.52 Å². The number of aromatic nitrogens is 1. The normalized spacial score (nSPS) is 14.2. The fourth-order valence-corrected chi connectivity index (χ4v) is 2.80. The summed E-state index contributed by atoms with van der Waals surface area (Å²) < 4.78 is 6.29. The molecule has 1 amide bonds. The number of halogens is 1. The molecule has 0 spiro atoms. The molecule has 5 heteroatoms. The zero-order chi connectivity index (χ0) is 14.8. The molecule has 1 aliphatic rings. The Hall–Kier alpha value is -1.62. The van der Waals surface area contributed by atoms with E-state index < -0.39 is 0 Å². The Morgan fingerprint density at radius 1 is 1.48 bits per heavy atom. The molecular formula is C16H17BrN2O2. The number of hydrogen-bond donors (Lipinski definition) is 1. The summed E-state index contributed by atoms with van der Waals surface area (Å²) in [7, 11) is 0. The van der Waals surface area contributed by atoms with Crippen LogP contribution in [-0.4, -0.2) is 17.6 Å². The molecule has 2 aromatic rings. The summed E-state index contributed by atoms with van der Waals surface area (Å²) in [6.45, 7) is 2.68. The summed E-state index contributed by atoms with van der Waals surface area (Å²) in [5.74, 6) is 1.04. The van der Waals surface area contributed by atoms with E-state index in [0.29, 0.717) is 18.0 Å². The molecule has 1 fully saturated rings. The molecule has 1 aromatic heterocycles. The van der Waals surface area contributed by atoms with Crippen LogP contribution < -0.4 is 5.32 Å². The molecule has 1 saturated carbocycles. The van der Waals surface area contributed by atoms with Gasteiger partial charge in [0.05, 0.1) is 6.20 Å². The van der Waals surface area contributed by atoms with Crippen molar-refractivity contribution in [3.63, 3.8) is 0 Å². The van der Waals surface area contributed by atoms with E-state index in [1.165, 1.54) is 17.3 Å². The van der Waals surface area contributed by atoms with Crippen LogP contribution in [0.5, 0.6) is 0 Å². The van der Waals surface area contributed by atoms with Gasteiger partial charge in [0.1, 0.15) is 5.56 Å². The lowest BCUT2D eigenvalue weighted by Crippen LogP contribution is -2.26. The third kappa shape index (κ3) is 3.18. The third-order valence-electron chi connectivity index (χ3n) is 3.85. The zero-order valence-corrected chi connectivity index (χ0v) is 13.4. The van der Waals surface area contributed by atoms with Crippen LogP contribution in [0.3, 0.4) is 0 Å². The number of amides is 1. The summed E-state index contributed by atoms with van der Waals surface area (Å²) in [5, 5.41) is 6.70. The van der Waals surface area contributed by atoms with Crippen LogP contribution >= 0.6 is 15.9 Å². The number of rotatable bonds is 5. The molecule has 0 atom stereocenters. The van der Waals surface area contributed by atoms with Crippen LogP contribution in [0.1, 0.15) is 46.0 Å². The Bertz CT molecular complexity index is 662. The van der Waals surface area contributed by atoms with E-state index in [1.54, 1.807) is 0 Å². The molecule has 21 heavy (non-hydrogen) atoms. The SMILES string of the molecule is Cc1c(Br)cccc1CCNC(=O)c1cnoc1C1CC1. The maximum atomic E-state index is 12.2. The number of carbonyl (C=O) groups is 1. The van der Waals surface area contributed by atoms with Crippen molar-refractivity contribution in [1.82, 2.24) is 10.5 Å². The van der Waals surface area contributed by atoms with Gasteiger partial charge in [0, 0.05) is 16.9 Å². The predicted molar refractivity (Wildman–Crippen MR) is 83.4 cm³/mol. The Morgan fingerprint density at radius 2 is 2.29 bits per heavy atom. The summed E-state index contributed by atoms with van der Waals surface area (Å²) in [6.07, 6.45) is 4.51. The van der Waals surface area contributed by atoms with E-state index in [2.05, 4.69) is 39.4 Å². The number of benzene rings is 1. The first-order valence-electron chi connectivity index (χ1n) is 7.13. The van der Waals surface area contributed by atoms with Gasteiger partial charge in [0.2, 0.25) is 0 Å². The van der Waals surface area contributed by atoms with Gasteiger partial charge < -0.3 is 9.84 Å². The van der Waals surface area contributed by atoms with Gasteiger partial charge in [-0.25, -0.2) is 0 Å². The van der Waals surface area contributed by atoms with E-state index in [0.717, 1.165) is 29.5 Å². The van der Waals surface area contributed by atoms with Gasteiger partial charge in [-0.05, 0) is 43.4 Å². The Balaban J connectivity index is 1.59. The second kappa shape index (κ2) is 6.02. The molecule has 0 unspecified atom stereocenters. The fourth-order valence-electron chi connectivity index (χ4n) is 2.39. The monoisotopic (exact) mass is 348 g/mol. The van der Waals surface area contributed by atoms with Gasteiger partial charge in [-0.2, -0.15) is 0 Å². The minimum atomic E-state index is -0.0919. The topological polar surface area (TPSA) is 55.1 Å². The lowest BCUT2D eigenvalue weighted by Gasteiger charge is -2.08. The second-order valence-corrected chi connectivity index (χ2v) is 6.26. The molecule has 0 radical (unpaired) electrons. The second-order valence-electron chi connectivity index (χ2n) is 5.41. The molecule has 1 aromatic carbocycles. The van der Waals surface area contributed by atoms with Crippen molar-refractivity contribution in [2.45, 2.75) is 32.1 Å². The van der Waals surface area contributed by atoms with Crippen molar-refractivity contribution in [2.24, 2.45) is 0 Å². The van der Waals surface area contributed by atoms with Crippen LogP contribution in [0, 0.1) is 6.92 Å². The standard InChI is InChI=1S/C16H17BrN2O2/c1-10-11(3-2-4-14(10)17)7-8-18-16(20)13-9-19-21-15(13)12-5-6-12/h2-4,9,12H,5-8H2,1H3,(H,18,20). The average molecular weight is 349 g/mol. The number of nitrogens with one attached hydrogen (secondary N) is 1. The van der Waals surface area contributed by atoms with Crippen molar-refractivity contribution in [3.8, 4) is 0 Å². The van der Waals surface area contributed by atoms with Crippen LogP contribution in [0.2, 0.25) is 0 Å². The van der Waals surface area contributed by atoms with Gasteiger partial charge >= 0.3 is 0 Å². The molecule has 0 bridgehead atoms. The minimum Gasteiger partial charge on any atom is -0.360 e. The Morgan fingerprint density at radius 3 is 3.05 bits per heavy atom. The number of hydrogen-bond acceptors (Lipinski definition) is 3. The number of nitrogens with zero attached hydrogens (tertiary/aromatic N) is 1. The molecule has 0 saturated heterocycles. The van der Waals surface area contributed by atoms with Crippen molar-refractivity contribution in [2.75, 3.05) is 6.54 Å². The maximum absolute atomic E-state index is 12.2. The van der Waals surface area contributed by atoms with Gasteiger partial charge in [-0.15, -0.1) is 0 Å². The average Bonchev–Trinajstić information content (AvgIpc) is 3.20. The van der Waals surface area contributed by atoms with Gasteiger partial charge in [0.15, 0.2) is 5.76 Å². The van der Waals surface area contributed by atoms with Crippen molar-refractivity contribution >= 4 is 21.8 Å². The first kappa shape index (κ1) is 14.3. The molecule has 3 rings (SSSR count). The molecule has 4 nitrogen and oxygen atoms in total.